The average molecular weight is 500 g/mol. The molecule has 0 bridgehead atoms. The Morgan fingerprint density at radius 2 is 1.76 bits per heavy atom. The first-order valence-corrected chi connectivity index (χ1v) is 11.9. The van der Waals surface area contributed by atoms with Crippen molar-refractivity contribution in [3.05, 3.63) is 59.2 Å². The number of rotatable bonds is 7. The summed E-state index contributed by atoms with van der Waals surface area (Å²) in [7, 11) is -2.69. The summed E-state index contributed by atoms with van der Waals surface area (Å²) in [5.41, 5.74) is -0.0793. The molecule has 3 rings (SSSR count). The molecule has 2 aromatic rings. The van der Waals surface area contributed by atoms with E-state index in [1.807, 2.05) is 0 Å². The Morgan fingerprint density at radius 1 is 1.09 bits per heavy atom. The summed E-state index contributed by atoms with van der Waals surface area (Å²) in [5, 5.41) is 0. The number of hydrogen-bond donors (Lipinski definition) is 0. The number of carbonyl (C=O) groups excluding carboxylic acids is 2. The largest absolute Gasteiger partial charge is 0.496 e. The van der Waals surface area contributed by atoms with Crippen LogP contribution in [0.15, 0.2) is 47.4 Å². The van der Waals surface area contributed by atoms with Gasteiger partial charge in [0.1, 0.15) is 12.4 Å². The molecule has 0 radical (unpaired) electrons. The van der Waals surface area contributed by atoms with Gasteiger partial charge in [0.2, 0.25) is 10.0 Å². The quantitative estimate of drug-likeness (QED) is 0.422. The van der Waals surface area contributed by atoms with Crippen molar-refractivity contribution in [1.29, 1.82) is 0 Å². The van der Waals surface area contributed by atoms with E-state index >= 15 is 0 Å². The Bertz CT molecular complexity index is 1170. The van der Waals surface area contributed by atoms with E-state index in [-0.39, 0.29) is 38.3 Å². The number of halogens is 3. The van der Waals surface area contributed by atoms with Crippen molar-refractivity contribution >= 4 is 21.8 Å². The summed E-state index contributed by atoms with van der Waals surface area (Å²) in [6, 6.07) is 8.38. The number of hydrogen-bond acceptors (Lipinski definition) is 6. The Balaban J connectivity index is 1.62. The molecule has 0 aliphatic carbocycles. The Hall–Kier alpha value is -2.92. The minimum Gasteiger partial charge on any atom is -0.496 e. The lowest BCUT2D eigenvalue weighted by Crippen LogP contribution is -2.40. The lowest BCUT2D eigenvalue weighted by atomic mass is 9.98. The van der Waals surface area contributed by atoms with E-state index in [2.05, 4.69) is 0 Å². The Morgan fingerprint density at radius 3 is 2.35 bits per heavy atom. The van der Waals surface area contributed by atoms with Crippen molar-refractivity contribution in [2.24, 2.45) is 5.92 Å². The molecule has 11 heteroatoms. The van der Waals surface area contributed by atoms with Crippen molar-refractivity contribution in [2.45, 2.75) is 37.4 Å². The van der Waals surface area contributed by atoms with Gasteiger partial charge >= 0.3 is 12.1 Å². The lowest BCUT2D eigenvalue weighted by molar-refractivity contribution is -0.151. The van der Waals surface area contributed by atoms with Gasteiger partial charge in [0, 0.05) is 24.2 Å². The second-order valence-electron chi connectivity index (χ2n) is 7.89. The number of esters is 1. The van der Waals surface area contributed by atoms with Crippen molar-refractivity contribution in [2.75, 3.05) is 20.2 Å². The zero-order chi connectivity index (χ0) is 25.1. The molecule has 2 aromatic carbocycles. The van der Waals surface area contributed by atoms with Crippen molar-refractivity contribution in [3.63, 3.8) is 0 Å². The molecule has 1 heterocycles. The highest BCUT2D eigenvalue weighted by Crippen LogP contribution is 2.32. The third-order valence-electron chi connectivity index (χ3n) is 5.64. The van der Waals surface area contributed by atoms with E-state index in [1.165, 1.54) is 14.0 Å². The predicted octanol–water partition coefficient (Wildman–Crippen LogP) is 4.06. The molecule has 0 N–H and O–H groups in total. The van der Waals surface area contributed by atoms with Gasteiger partial charge in [0.25, 0.3) is 0 Å². The molecule has 184 valence electrons. The van der Waals surface area contributed by atoms with Gasteiger partial charge in [0.05, 0.1) is 23.5 Å². The molecule has 7 nitrogen and oxygen atoms in total. The zero-order valence-electron chi connectivity index (χ0n) is 18.6. The van der Waals surface area contributed by atoms with Crippen LogP contribution >= 0.6 is 0 Å². The predicted molar refractivity (Wildman–Crippen MR) is 116 cm³/mol. The van der Waals surface area contributed by atoms with Gasteiger partial charge in [-0.05, 0) is 56.2 Å². The first-order valence-electron chi connectivity index (χ1n) is 10.5. The molecule has 0 aromatic heterocycles. The Kier molecular flexibility index (Phi) is 7.67. The number of piperidine rings is 1. The van der Waals surface area contributed by atoms with Crippen molar-refractivity contribution in [3.8, 4) is 5.75 Å². The second-order valence-corrected chi connectivity index (χ2v) is 9.83. The fourth-order valence-electron chi connectivity index (χ4n) is 3.69. The molecule has 0 saturated carbocycles. The van der Waals surface area contributed by atoms with Crippen LogP contribution in [0, 0.1) is 5.92 Å². The summed E-state index contributed by atoms with van der Waals surface area (Å²) in [4.78, 5) is 23.7. The SMILES string of the molecule is COc1ccc(C(C)=O)cc1COC(=O)C1CCN(S(=O)(=O)c2cccc(C(F)(F)F)c2)CC1. The van der Waals surface area contributed by atoms with Crippen LogP contribution in [0.1, 0.15) is 41.3 Å². The third kappa shape index (κ3) is 5.76. The first-order chi connectivity index (χ1) is 15.9. The highest BCUT2D eigenvalue weighted by Gasteiger charge is 2.35. The molecule has 1 saturated heterocycles. The summed E-state index contributed by atoms with van der Waals surface area (Å²) in [5.74, 6) is -0.772. The summed E-state index contributed by atoms with van der Waals surface area (Å²) < 4.78 is 76.2. The molecule has 0 spiro atoms. The van der Waals surface area contributed by atoms with Crippen LogP contribution in [-0.4, -0.2) is 44.7 Å². The van der Waals surface area contributed by atoms with Crippen LogP contribution in [-0.2, 0) is 32.3 Å². The number of carbonyl (C=O) groups is 2. The number of Topliss-reactive ketones (excluding diaryl/α,β-unsaturated/α-hetero) is 1. The normalized spacial score (nSPS) is 15.7. The van der Waals surface area contributed by atoms with Crippen LogP contribution in [0.4, 0.5) is 13.2 Å². The number of sulfonamides is 1. The van der Waals surface area contributed by atoms with Gasteiger partial charge in [-0.3, -0.25) is 9.59 Å². The van der Waals surface area contributed by atoms with Crippen LogP contribution < -0.4 is 4.74 Å². The number of ether oxygens (including phenoxy) is 2. The van der Waals surface area contributed by atoms with Crippen LogP contribution in [0.5, 0.6) is 5.75 Å². The number of benzene rings is 2. The fraction of sp³-hybridized carbons (Fsp3) is 0.391. The van der Waals surface area contributed by atoms with Gasteiger partial charge in [0.15, 0.2) is 5.78 Å². The lowest BCUT2D eigenvalue weighted by Gasteiger charge is -2.30. The molecular formula is C23H24F3NO6S. The summed E-state index contributed by atoms with van der Waals surface area (Å²) in [6.45, 7) is 1.24. The van der Waals surface area contributed by atoms with Crippen LogP contribution in [0.25, 0.3) is 0 Å². The molecule has 0 unspecified atom stereocenters. The van der Waals surface area contributed by atoms with Crippen molar-refractivity contribution in [1.82, 2.24) is 4.31 Å². The highest BCUT2D eigenvalue weighted by atomic mass is 32.2. The van der Waals surface area contributed by atoms with Crippen LogP contribution in [0.2, 0.25) is 0 Å². The third-order valence-corrected chi connectivity index (χ3v) is 7.54. The number of methoxy groups -OCH3 is 1. The molecule has 1 aliphatic heterocycles. The van der Waals surface area contributed by atoms with Gasteiger partial charge in [-0.1, -0.05) is 6.07 Å². The topological polar surface area (TPSA) is 90.0 Å². The maximum atomic E-state index is 13.0. The van der Waals surface area contributed by atoms with E-state index in [9.17, 15) is 31.2 Å². The van der Waals surface area contributed by atoms with Gasteiger partial charge in [-0.2, -0.15) is 17.5 Å². The van der Waals surface area contributed by atoms with Crippen molar-refractivity contribution < 1.29 is 40.7 Å². The smallest absolute Gasteiger partial charge is 0.416 e. The minimum absolute atomic E-state index is 0.0263. The van der Waals surface area contributed by atoms with E-state index in [0.29, 0.717) is 22.9 Å². The first kappa shape index (κ1) is 25.7. The molecule has 0 amide bonds. The maximum Gasteiger partial charge on any atom is 0.416 e. The summed E-state index contributed by atoms with van der Waals surface area (Å²) in [6.07, 6.45) is -4.32. The standard InChI is InChI=1S/C23H24F3NO6S/c1-15(28)17-6-7-21(32-2)18(12-17)14-33-22(29)16-8-10-27(11-9-16)34(30,31)20-5-3-4-19(13-20)23(24,25)26/h3-7,12-13,16H,8-11,14H2,1-2H3. The molecule has 1 aliphatic rings. The highest BCUT2D eigenvalue weighted by molar-refractivity contribution is 7.89. The summed E-state index contributed by atoms with van der Waals surface area (Å²) >= 11 is 0. The minimum atomic E-state index is -4.66. The zero-order valence-corrected chi connectivity index (χ0v) is 19.4. The monoisotopic (exact) mass is 499 g/mol. The molecule has 34 heavy (non-hydrogen) atoms. The second kappa shape index (κ2) is 10.1. The molecule has 1 fully saturated rings. The van der Waals surface area contributed by atoms with E-state index in [4.69, 9.17) is 9.47 Å². The number of alkyl halides is 3. The fourth-order valence-corrected chi connectivity index (χ4v) is 5.21. The van der Waals surface area contributed by atoms with Gasteiger partial charge < -0.3 is 9.47 Å². The van der Waals surface area contributed by atoms with Gasteiger partial charge in [-0.15, -0.1) is 0 Å². The molecular weight excluding hydrogens is 475 g/mol. The van der Waals surface area contributed by atoms with E-state index in [1.54, 1.807) is 18.2 Å². The van der Waals surface area contributed by atoms with E-state index in [0.717, 1.165) is 22.5 Å². The number of nitrogens with zero attached hydrogens (tertiary/aromatic N) is 1. The van der Waals surface area contributed by atoms with E-state index < -0.39 is 38.5 Å². The molecule has 0 atom stereocenters. The van der Waals surface area contributed by atoms with Gasteiger partial charge in [-0.25, -0.2) is 8.42 Å². The average Bonchev–Trinajstić information content (AvgIpc) is 2.81. The maximum absolute atomic E-state index is 13.0. The number of ketones is 1. The Labute approximate surface area is 195 Å². The van der Waals surface area contributed by atoms with Crippen LogP contribution in [0.3, 0.4) is 0 Å².